The van der Waals surface area contributed by atoms with Crippen molar-refractivity contribution in [2.24, 2.45) is 10.6 Å². The fourth-order valence-electron chi connectivity index (χ4n) is 7.78. The molecule has 292 valence electrons. The summed E-state index contributed by atoms with van der Waals surface area (Å²) in [6, 6.07) is 1.46. The smallest absolute Gasteiger partial charge is 0.355 e. The summed E-state index contributed by atoms with van der Waals surface area (Å²) in [6.45, 7) is 7.84. The Labute approximate surface area is 322 Å². The number of carboxylic acids is 1. The third-order valence-electron chi connectivity index (χ3n) is 11.2. The molecule has 4 saturated heterocycles. The number of benzene rings is 1. The van der Waals surface area contributed by atoms with Crippen molar-refractivity contribution in [1.29, 1.82) is 0 Å². The molecule has 8 rings (SSSR count). The summed E-state index contributed by atoms with van der Waals surface area (Å²) < 4.78 is 7.49. The predicted octanol–water partition coefficient (Wildman–Crippen LogP) is 1.35. The molecule has 18 nitrogen and oxygen atoms in total. The Bertz CT molecular complexity index is 2230. The highest BCUT2D eigenvalue weighted by atomic mass is 32.2. The number of amides is 2. The number of rotatable bonds is 11. The minimum Gasteiger partial charge on any atom is -0.504 e. The molecule has 1 aromatic carbocycles. The number of nitrogens with one attached hydrogen (secondary N) is 1. The number of aromatic nitrogens is 3. The van der Waals surface area contributed by atoms with E-state index in [0.717, 1.165) is 55.8 Å². The summed E-state index contributed by atoms with van der Waals surface area (Å²) in [5.74, 6) is -4.05. The maximum Gasteiger partial charge on any atom is 0.355 e. The Morgan fingerprint density at radius 2 is 1.82 bits per heavy atom. The number of quaternary nitrogens is 1. The molecule has 5 aliphatic heterocycles. The number of thiazole rings is 1. The van der Waals surface area contributed by atoms with Gasteiger partial charge in [0.25, 0.3) is 17.4 Å². The predicted molar refractivity (Wildman–Crippen MR) is 200 cm³/mol. The van der Waals surface area contributed by atoms with Crippen molar-refractivity contribution >= 4 is 68.6 Å². The van der Waals surface area contributed by atoms with Crippen LogP contribution in [0.15, 0.2) is 45.1 Å². The number of methoxy groups -OCH3 is 1. The number of esters is 1. The molecule has 6 N–H and O–H groups in total. The van der Waals surface area contributed by atoms with E-state index in [-0.39, 0.29) is 55.3 Å². The number of thioether (sulfide) groups is 1. The number of phenolic OH excluding ortho intramolecular Hbond substituents is 2. The van der Waals surface area contributed by atoms with Gasteiger partial charge in [0.15, 0.2) is 22.3 Å². The van der Waals surface area contributed by atoms with Gasteiger partial charge in [-0.3, -0.25) is 23.9 Å². The van der Waals surface area contributed by atoms with Gasteiger partial charge in [-0.25, -0.2) is 19.6 Å². The van der Waals surface area contributed by atoms with E-state index in [4.69, 9.17) is 15.3 Å². The Hall–Kier alpha value is -5.21. The molecule has 0 saturated carbocycles. The lowest BCUT2D eigenvalue weighted by atomic mass is 9.70. The molecular formula is C35H41N8O10S2+. The van der Waals surface area contributed by atoms with E-state index >= 15 is 0 Å². The van der Waals surface area contributed by atoms with Crippen LogP contribution in [0.5, 0.6) is 11.5 Å². The van der Waals surface area contributed by atoms with Crippen LogP contribution in [-0.4, -0.2) is 124 Å². The number of fused-ring (bicyclic) bond motifs is 5. The first-order valence-corrected chi connectivity index (χ1v) is 19.4. The molecule has 3 unspecified atom stereocenters. The fraction of sp³-hybridized carbons (Fsp3) is 0.486. The van der Waals surface area contributed by atoms with Crippen molar-refractivity contribution in [3.05, 3.63) is 51.2 Å². The fourth-order valence-corrected chi connectivity index (χ4v) is 9.77. The number of anilines is 1. The highest BCUT2D eigenvalue weighted by molar-refractivity contribution is 8.00. The van der Waals surface area contributed by atoms with Crippen LogP contribution in [0.3, 0.4) is 0 Å². The maximum absolute atomic E-state index is 13.8. The van der Waals surface area contributed by atoms with Crippen LogP contribution in [-0.2, 0) is 35.3 Å². The van der Waals surface area contributed by atoms with Crippen molar-refractivity contribution in [3.63, 3.8) is 0 Å². The standard InChI is InChI=1S/C35H40N8O10S2/c1-17-19(13-43-8-5-35(6-9-43,7-10-43)15-41-16-37-20-12-23(45)22(44)11-18(20)28(41)47)26(31(49)52-4)42-29(48)25(30(42)55-17)39-27(46)24(21-14-54-33(36)38-21)40-53-34(2,3)32(50)51/h11-12,14,16-17,25,30H,5-10,13,15H2,1-4H3,(H5-,36,38,39,40,44,45,46,47,50,51)/p+1. The molecule has 2 aromatic heterocycles. The third kappa shape index (κ3) is 6.75. The number of hydrogen-bond acceptors (Lipinski definition) is 15. The number of oxime groups is 1. The molecular weight excluding hydrogens is 757 g/mol. The number of nitrogens with zero attached hydrogens (tertiary/aromatic N) is 6. The number of β-lactam (4-membered cyclic amide) rings is 1. The first-order valence-electron chi connectivity index (χ1n) is 17.5. The lowest BCUT2D eigenvalue weighted by Gasteiger charge is -2.57. The first-order chi connectivity index (χ1) is 26.0. The Balaban J connectivity index is 1.08. The zero-order chi connectivity index (χ0) is 39.6. The van der Waals surface area contributed by atoms with Crippen LogP contribution < -0.4 is 16.6 Å². The number of phenols is 2. The molecule has 55 heavy (non-hydrogen) atoms. The zero-order valence-corrected chi connectivity index (χ0v) is 32.1. The highest BCUT2D eigenvalue weighted by Crippen LogP contribution is 2.49. The molecule has 2 amide bonds. The van der Waals surface area contributed by atoms with Gasteiger partial charge in [-0.2, -0.15) is 0 Å². The molecule has 0 radical (unpaired) electrons. The Kier molecular flexibility index (Phi) is 9.57. The second-order valence-electron chi connectivity index (χ2n) is 15.1. The lowest BCUT2D eigenvalue weighted by Crippen LogP contribution is -2.72. The average molecular weight is 798 g/mol. The Morgan fingerprint density at radius 1 is 1.15 bits per heavy atom. The number of aliphatic carboxylic acids is 1. The topological polar surface area (TPSA) is 249 Å². The molecule has 0 aliphatic carbocycles. The Morgan fingerprint density at radius 3 is 2.44 bits per heavy atom. The van der Waals surface area contributed by atoms with Crippen LogP contribution in [0, 0.1) is 5.41 Å². The van der Waals surface area contributed by atoms with E-state index in [1.165, 1.54) is 61.5 Å². The number of hydrogen-bond donors (Lipinski definition) is 5. The van der Waals surface area contributed by atoms with Gasteiger partial charge in [-0.05, 0) is 26.8 Å². The molecule has 3 aromatic rings. The summed E-state index contributed by atoms with van der Waals surface area (Å²) in [7, 11) is 1.26. The molecule has 7 heterocycles. The largest absolute Gasteiger partial charge is 0.504 e. The van der Waals surface area contributed by atoms with Gasteiger partial charge in [0, 0.05) is 53.5 Å². The van der Waals surface area contributed by atoms with Gasteiger partial charge in [0.1, 0.15) is 29.4 Å². The van der Waals surface area contributed by atoms with E-state index in [1.807, 2.05) is 6.92 Å². The lowest BCUT2D eigenvalue weighted by molar-refractivity contribution is -0.941. The van der Waals surface area contributed by atoms with Gasteiger partial charge >= 0.3 is 11.9 Å². The summed E-state index contributed by atoms with van der Waals surface area (Å²) in [5, 5.41) is 36.8. The number of nitrogens with two attached hydrogens (primary N) is 1. The van der Waals surface area contributed by atoms with Crippen LogP contribution in [0.4, 0.5) is 5.13 Å². The van der Waals surface area contributed by atoms with Crippen LogP contribution in [0.1, 0.15) is 45.7 Å². The molecule has 4 fully saturated rings. The number of piperidine rings is 3. The van der Waals surface area contributed by atoms with Gasteiger partial charge in [-0.15, -0.1) is 23.1 Å². The van der Waals surface area contributed by atoms with E-state index in [1.54, 1.807) is 4.57 Å². The van der Waals surface area contributed by atoms with Gasteiger partial charge in [0.2, 0.25) is 5.60 Å². The summed E-state index contributed by atoms with van der Waals surface area (Å²) in [6.07, 6.45) is 3.95. The van der Waals surface area contributed by atoms with Gasteiger partial charge in [-0.1, -0.05) is 5.16 Å². The SMILES string of the molecule is COC(=O)C1=C(C[N+]23CCC(Cn4cnc5cc(O)c(O)cc5c4=O)(CC2)CC3)C(C)SC2C(NC(=O)C(=NOC(C)(C)C(=O)O)c3csc(N)n3)C(=O)N12. The van der Waals surface area contributed by atoms with E-state index in [2.05, 4.69) is 20.4 Å². The van der Waals surface area contributed by atoms with Crippen molar-refractivity contribution < 1.29 is 48.6 Å². The second kappa shape index (κ2) is 13.8. The second-order valence-corrected chi connectivity index (χ2v) is 17.4. The minimum absolute atomic E-state index is 0.0374. The summed E-state index contributed by atoms with van der Waals surface area (Å²) in [4.78, 5) is 80.8. The average Bonchev–Trinajstić information content (AvgIpc) is 3.59. The molecule has 0 spiro atoms. The third-order valence-corrected chi connectivity index (χ3v) is 13.4. The number of carbonyl (C=O) groups excluding carboxylic acids is 3. The number of carboxylic acid groups (broad SMARTS) is 1. The first kappa shape index (κ1) is 38.1. The van der Waals surface area contributed by atoms with Crippen molar-refractivity contribution in [2.75, 3.05) is 39.0 Å². The molecule has 5 aliphatic rings. The van der Waals surface area contributed by atoms with Crippen LogP contribution >= 0.6 is 23.1 Å². The number of aromatic hydroxyl groups is 2. The molecule has 20 heteroatoms. The van der Waals surface area contributed by atoms with Crippen LogP contribution in [0.25, 0.3) is 10.9 Å². The minimum atomic E-state index is -1.77. The number of carbonyl (C=O) groups is 4. The highest BCUT2D eigenvalue weighted by Gasteiger charge is 2.58. The van der Waals surface area contributed by atoms with E-state index in [9.17, 15) is 39.3 Å². The maximum atomic E-state index is 13.8. The van der Waals surface area contributed by atoms with Crippen LogP contribution in [0.2, 0.25) is 0 Å². The zero-order valence-electron chi connectivity index (χ0n) is 30.5. The summed E-state index contributed by atoms with van der Waals surface area (Å²) in [5.41, 5.74) is 4.49. The number of ether oxygens (including phenoxy) is 1. The van der Waals surface area contributed by atoms with Gasteiger partial charge in [0.05, 0.1) is 44.0 Å². The van der Waals surface area contributed by atoms with Crippen molar-refractivity contribution in [1.82, 2.24) is 24.8 Å². The molecule has 3 atom stereocenters. The monoisotopic (exact) mass is 797 g/mol. The normalized spacial score (nSPS) is 26.4. The van der Waals surface area contributed by atoms with E-state index < -0.39 is 40.8 Å². The van der Waals surface area contributed by atoms with Gasteiger partial charge < -0.3 is 40.4 Å². The summed E-state index contributed by atoms with van der Waals surface area (Å²) >= 11 is 2.47. The number of nitrogen functional groups attached to an aromatic ring is 1. The van der Waals surface area contributed by atoms with E-state index in [0.29, 0.717) is 23.1 Å². The molecule has 2 bridgehead atoms. The quantitative estimate of drug-likeness (QED) is 0.0459. The van der Waals surface area contributed by atoms with Crippen molar-refractivity contribution in [2.45, 2.75) is 68.8 Å². The van der Waals surface area contributed by atoms with Crippen molar-refractivity contribution in [3.8, 4) is 11.5 Å².